The first-order valence-corrected chi connectivity index (χ1v) is 7.64. The van der Waals surface area contributed by atoms with Crippen LogP contribution in [0.25, 0.3) is 0 Å². The van der Waals surface area contributed by atoms with Crippen molar-refractivity contribution < 1.29 is 24.0 Å². The van der Waals surface area contributed by atoms with Gasteiger partial charge in [-0.25, -0.2) is 4.39 Å². The summed E-state index contributed by atoms with van der Waals surface area (Å²) in [6.45, 7) is 2.23. The lowest BCUT2D eigenvalue weighted by atomic mass is 10.1. The maximum Gasteiger partial charge on any atom is 0.279 e. The van der Waals surface area contributed by atoms with Crippen LogP contribution in [-0.2, 0) is 4.79 Å². The fraction of sp³-hybridized carbons (Fsp3) is 0.278. The molecule has 0 aromatic heterocycles. The minimum atomic E-state index is -0.267. The fourth-order valence-corrected chi connectivity index (χ4v) is 2.31. The third-order valence-corrected chi connectivity index (χ3v) is 3.72. The van der Waals surface area contributed by atoms with E-state index in [1.165, 1.54) is 12.1 Å². The van der Waals surface area contributed by atoms with Crippen molar-refractivity contribution in [1.82, 2.24) is 0 Å². The second kappa shape index (κ2) is 8.31. The van der Waals surface area contributed by atoms with Crippen molar-refractivity contribution in [3.8, 4) is 11.5 Å². The molecule has 0 bridgehead atoms. The lowest BCUT2D eigenvalue weighted by Crippen LogP contribution is -2.86. The molecule has 128 valence electrons. The Bertz CT molecular complexity index is 689. The summed E-state index contributed by atoms with van der Waals surface area (Å²) in [7, 11) is 3.10. The summed E-state index contributed by atoms with van der Waals surface area (Å²) in [6, 6.07) is 11.5. The minimum absolute atomic E-state index is 0.0572. The van der Waals surface area contributed by atoms with Crippen LogP contribution in [0.1, 0.15) is 18.5 Å². The van der Waals surface area contributed by atoms with Crippen molar-refractivity contribution in [1.29, 1.82) is 0 Å². The topological polar surface area (TPSA) is 64.2 Å². The molecule has 0 aliphatic heterocycles. The van der Waals surface area contributed by atoms with Crippen molar-refractivity contribution in [2.24, 2.45) is 0 Å². The molecule has 0 heterocycles. The van der Waals surface area contributed by atoms with Crippen LogP contribution >= 0.6 is 0 Å². The van der Waals surface area contributed by atoms with Gasteiger partial charge in [-0.15, -0.1) is 0 Å². The molecular weight excluding hydrogens is 311 g/mol. The summed E-state index contributed by atoms with van der Waals surface area (Å²) in [6.07, 6.45) is 0. The molecule has 0 radical (unpaired) electrons. The SMILES string of the molecule is COc1ccc(NC(=O)C[NH2+][C@H](C)c2ccc(F)cc2)cc1OC. The molecule has 0 aliphatic carbocycles. The molecular formula is C18H22FN2O3+. The number of carbonyl (C=O) groups is 1. The maximum atomic E-state index is 12.9. The Kier molecular flexibility index (Phi) is 6.14. The summed E-state index contributed by atoms with van der Waals surface area (Å²) in [4.78, 5) is 12.1. The number of hydrogen-bond donors (Lipinski definition) is 2. The Hall–Kier alpha value is -2.60. The average molecular weight is 333 g/mol. The second-order valence-electron chi connectivity index (χ2n) is 5.40. The first-order chi connectivity index (χ1) is 11.5. The van der Waals surface area contributed by atoms with E-state index >= 15 is 0 Å². The minimum Gasteiger partial charge on any atom is -0.493 e. The van der Waals surface area contributed by atoms with Crippen LogP contribution in [-0.4, -0.2) is 26.7 Å². The van der Waals surface area contributed by atoms with Crippen LogP contribution in [0.15, 0.2) is 42.5 Å². The van der Waals surface area contributed by atoms with Gasteiger partial charge in [-0.2, -0.15) is 0 Å². The highest BCUT2D eigenvalue weighted by Gasteiger charge is 2.13. The zero-order valence-corrected chi connectivity index (χ0v) is 14.0. The highest BCUT2D eigenvalue weighted by Crippen LogP contribution is 2.29. The van der Waals surface area contributed by atoms with E-state index in [2.05, 4.69) is 5.32 Å². The van der Waals surface area contributed by atoms with Gasteiger partial charge < -0.3 is 20.1 Å². The monoisotopic (exact) mass is 333 g/mol. The van der Waals surface area contributed by atoms with Crippen molar-refractivity contribution in [2.45, 2.75) is 13.0 Å². The number of ether oxygens (including phenoxy) is 2. The first-order valence-electron chi connectivity index (χ1n) is 7.64. The number of carbonyl (C=O) groups excluding carboxylic acids is 1. The van der Waals surface area contributed by atoms with Gasteiger partial charge in [0, 0.05) is 17.3 Å². The normalized spacial score (nSPS) is 11.7. The summed E-state index contributed by atoms with van der Waals surface area (Å²) in [5, 5.41) is 4.71. The molecule has 0 unspecified atom stereocenters. The summed E-state index contributed by atoms with van der Waals surface area (Å²) in [5.74, 6) is 0.763. The Morgan fingerprint density at radius 2 is 1.79 bits per heavy atom. The number of methoxy groups -OCH3 is 2. The predicted molar refractivity (Wildman–Crippen MR) is 89.8 cm³/mol. The highest BCUT2D eigenvalue weighted by atomic mass is 19.1. The zero-order chi connectivity index (χ0) is 17.5. The molecule has 2 aromatic carbocycles. The number of rotatable bonds is 7. The molecule has 1 amide bonds. The summed E-state index contributed by atoms with van der Waals surface area (Å²) < 4.78 is 23.3. The second-order valence-corrected chi connectivity index (χ2v) is 5.40. The number of nitrogens with two attached hydrogens (primary N) is 1. The lowest BCUT2D eigenvalue weighted by Gasteiger charge is -2.12. The van der Waals surface area contributed by atoms with E-state index < -0.39 is 0 Å². The smallest absolute Gasteiger partial charge is 0.279 e. The standard InChI is InChI=1S/C18H21FN2O3/c1-12(13-4-6-14(19)7-5-13)20-11-18(22)21-15-8-9-16(23-2)17(10-15)24-3/h4-10,12,20H,11H2,1-3H3,(H,21,22)/p+1/t12-/m1/s1. The van der Waals surface area contributed by atoms with Crippen LogP contribution < -0.4 is 20.1 Å². The van der Waals surface area contributed by atoms with Crippen LogP contribution in [0.2, 0.25) is 0 Å². The molecule has 24 heavy (non-hydrogen) atoms. The van der Waals surface area contributed by atoms with Gasteiger partial charge in [0.2, 0.25) is 0 Å². The Balaban J connectivity index is 1.90. The third kappa shape index (κ3) is 4.70. The zero-order valence-electron chi connectivity index (χ0n) is 14.0. The number of amides is 1. The average Bonchev–Trinajstić information content (AvgIpc) is 2.60. The van der Waals surface area contributed by atoms with E-state index in [4.69, 9.17) is 9.47 Å². The van der Waals surface area contributed by atoms with Gasteiger partial charge >= 0.3 is 0 Å². The van der Waals surface area contributed by atoms with E-state index in [-0.39, 0.29) is 24.3 Å². The Morgan fingerprint density at radius 3 is 2.42 bits per heavy atom. The van der Waals surface area contributed by atoms with Crippen LogP contribution in [0, 0.1) is 5.82 Å². The highest BCUT2D eigenvalue weighted by molar-refractivity contribution is 5.91. The number of benzene rings is 2. The van der Waals surface area contributed by atoms with Crippen molar-refractivity contribution >= 4 is 11.6 Å². The molecule has 0 saturated heterocycles. The van der Waals surface area contributed by atoms with E-state index in [0.29, 0.717) is 17.2 Å². The number of quaternary nitrogens is 1. The quantitative estimate of drug-likeness (QED) is 0.816. The number of anilines is 1. The number of hydrogen-bond acceptors (Lipinski definition) is 3. The van der Waals surface area contributed by atoms with Crippen LogP contribution in [0.5, 0.6) is 11.5 Å². The van der Waals surface area contributed by atoms with Gasteiger partial charge in [0.05, 0.1) is 14.2 Å². The van der Waals surface area contributed by atoms with Crippen molar-refractivity contribution in [2.75, 3.05) is 26.1 Å². The fourth-order valence-electron chi connectivity index (χ4n) is 2.31. The first kappa shape index (κ1) is 17.7. The summed E-state index contributed by atoms with van der Waals surface area (Å²) >= 11 is 0. The molecule has 0 saturated carbocycles. The van der Waals surface area contributed by atoms with E-state index in [1.54, 1.807) is 44.6 Å². The van der Waals surface area contributed by atoms with E-state index in [1.807, 2.05) is 12.2 Å². The third-order valence-electron chi connectivity index (χ3n) is 3.72. The molecule has 2 rings (SSSR count). The lowest BCUT2D eigenvalue weighted by molar-refractivity contribution is -0.682. The van der Waals surface area contributed by atoms with Crippen molar-refractivity contribution in [3.05, 3.63) is 53.8 Å². The number of halogens is 1. The Labute approximate surface area is 140 Å². The molecule has 0 fully saturated rings. The predicted octanol–water partition coefficient (Wildman–Crippen LogP) is 2.11. The molecule has 5 nitrogen and oxygen atoms in total. The molecule has 3 N–H and O–H groups in total. The number of nitrogens with one attached hydrogen (secondary N) is 1. The molecule has 0 spiro atoms. The molecule has 6 heteroatoms. The van der Waals surface area contributed by atoms with Gasteiger partial charge in [-0.1, -0.05) is 12.1 Å². The molecule has 1 atom stereocenters. The van der Waals surface area contributed by atoms with Gasteiger partial charge in [-0.3, -0.25) is 4.79 Å². The van der Waals surface area contributed by atoms with Crippen molar-refractivity contribution in [3.63, 3.8) is 0 Å². The Morgan fingerprint density at radius 1 is 1.12 bits per heavy atom. The van der Waals surface area contributed by atoms with Gasteiger partial charge in [-0.05, 0) is 31.2 Å². The maximum absolute atomic E-state index is 12.9. The molecule has 0 aliphatic rings. The van der Waals surface area contributed by atoms with Gasteiger partial charge in [0.25, 0.3) is 5.91 Å². The van der Waals surface area contributed by atoms with E-state index in [0.717, 1.165) is 5.56 Å². The van der Waals surface area contributed by atoms with Crippen LogP contribution in [0.4, 0.5) is 10.1 Å². The van der Waals surface area contributed by atoms with E-state index in [9.17, 15) is 9.18 Å². The van der Waals surface area contributed by atoms with Gasteiger partial charge in [0.15, 0.2) is 18.0 Å². The van der Waals surface area contributed by atoms with Crippen LogP contribution in [0.3, 0.4) is 0 Å². The van der Waals surface area contributed by atoms with Gasteiger partial charge in [0.1, 0.15) is 11.9 Å². The summed E-state index contributed by atoms with van der Waals surface area (Å²) in [5.41, 5.74) is 1.61. The largest absolute Gasteiger partial charge is 0.493 e. The molecule has 2 aromatic rings.